The lowest BCUT2D eigenvalue weighted by Gasteiger charge is -2.34. The van der Waals surface area contributed by atoms with Crippen LogP contribution in [-0.2, 0) is 4.79 Å². The first-order valence-electron chi connectivity index (χ1n) is 11.8. The van der Waals surface area contributed by atoms with Gasteiger partial charge in [0.2, 0.25) is 5.91 Å². The van der Waals surface area contributed by atoms with Gasteiger partial charge in [0.25, 0.3) is 0 Å². The molecule has 34 heavy (non-hydrogen) atoms. The quantitative estimate of drug-likeness (QED) is 0.384. The number of rotatable bonds is 8. The average Bonchev–Trinajstić information content (AvgIpc) is 3.25. The molecule has 2 aromatic carbocycles. The highest BCUT2D eigenvalue weighted by atomic mass is 35.5. The van der Waals surface area contributed by atoms with Crippen LogP contribution in [0.25, 0.3) is 17.1 Å². The number of hydrogen-bond donors (Lipinski definition) is 1. The van der Waals surface area contributed by atoms with E-state index in [0.29, 0.717) is 34.4 Å². The van der Waals surface area contributed by atoms with Crippen molar-refractivity contribution in [2.24, 2.45) is 11.8 Å². The zero-order chi connectivity index (χ0) is 24.1. The molecule has 8 heteroatoms. The maximum absolute atomic E-state index is 12.8. The minimum Gasteiger partial charge on any atom is -0.494 e. The third-order valence-corrected chi connectivity index (χ3v) is 7.80. The number of hydrogen-bond acceptors (Lipinski definition) is 5. The second kappa shape index (κ2) is 11.3. The summed E-state index contributed by atoms with van der Waals surface area (Å²) in [6, 6.07) is 15.6. The Hall–Kier alpha value is -2.51. The first kappa shape index (κ1) is 24.6. The predicted molar refractivity (Wildman–Crippen MR) is 138 cm³/mol. The summed E-state index contributed by atoms with van der Waals surface area (Å²) in [6.45, 7) is 7.07. The van der Waals surface area contributed by atoms with Gasteiger partial charge in [0.1, 0.15) is 5.75 Å². The van der Waals surface area contributed by atoms with E-state index in [-0.39, 0.29) is 17.7 Å². The van der Waals surface area contributed by atoms with E-state index in [1.54, 1.807) is 0 Å². The van der Waals surface area contributed by atoms with Crippen molar-refractivity contribution >= 4 is 29.3 Å². The summed E-state index contributed by atoms with van der Waals surface area (Å²) in [4.78, 5) is 12.8. The fraction of sp³-hybridized carbons (Fsp3) is 0.423. The van der Waals surface area contributed by atoms with Crippen molar-refractivity contribution in [2.45, 2.75) is 51.2 Å². The van der Waals surface area contributed by atoms with Gasteiger partial charge in [0.05, 0.1) is 17.4 Å². The summed E-state index contributed by atoms with van der Waals surface area (Å²) in [7, 11) is 0. The van der Waals surface area contributed by atoms with Gasteiger partial charge in [-0.3, -0.25) is 9.36 Å². The lowest BCUT2D eigenvalue weighted by atomic mass is 9.78. The van der Waals surface area contributed by atoms with E-state index >= 15 is 0 Å². The Labute approximate surface area is 210 Å². The number of carbonyl (C=O) groups is 1. The molecular weight excluding hydrogens is 468 g/mol. The fourth-order valence-corrected chi connectivity index (χ4v) is 5.42. The molecule has 0 radical (unpaired) electrons. The van der Waals surface area contributed by atoms with E-state index in [1.165, 1.54) is 18.2 Å². The van der Waals surface area contributed by atoms with Crippen molar-refractivity contribution < 1.29 is 9.53 Å². The van der Waals surface area contributed by atoms with Crippen LogP contribution in [0, 0.1) is 11.8 Å². The van der Waals surface area contributed by atoms with E-state index in [9.17, 15) is 4.79 Å². The lowest BCUT2D eigenvalue weighted by Crippen LogP contribution is -2.44. The molecule has 1 amide bonds. The zero-order valence-electron chi connectivity index (χ0n) is 19.8. The van der Waals surface area contributed by atoms with Gasteiger partial charge in [-0.1, -0.05) is 62.2 Å². The maximum Gasteiger partial charge on any atom is 0.230 e. The number of thioether (sulfide) groups is 1. The maximum atomic E-state index is 12.8. The summed E-state index contributed by atoms with van der Waals surface area (Å²) >= 11 is 7.86. The highest BCUT2D eigenvalue weighted by molar-refractivity contribution is 7.99. The van der Waals surface area contributed by atoms with E-state index in [1.807, 2.05) is 60.0 Å². The lowest BCUT2D eigenvalue weighted by molar-refractivity contribution is -0.120. The largest absolute Gasteiger partial charge is 0.494 e. The van der Waals surface area contributed by atoms with Gasteiger partial charge in [0, 0.05) is 17.3 Å². The average molecular weight is 499 g/mol. The fourth-order valence-electron chi connectivity index (χ4n) is 4.44. The number of benzene rings is 2. The van der Waals surface area contributed by atoms with Crippen LogP contribution in [0.5, 0.6) is 5.75 Å². The molecule has 4 rings (SSSR count). The Kier molecular flexibility index (Phi) is 8.16. The third-order valence-electron chi connectivity index (χ3n) is 6.54. The second-order valence-corrected chi connectivity index (χ2v) is 10.1. The third kappa shape index (κ3) is 5.58. The van der Waals surface area contributed by atoms with E-state index in [0.717, 1.165) is 29.8 Å². The van der Waals surface area contributed by atoms with Gasteiger partial charge in [-0.15, -0.1) is 10.2 Å². The molecular formula is C26H31ClN4O2S. The van der Waals surface area contributed by atoms with Gasteiger partial charge >= 0.3 is 0 Å². The van der Waals surface area contributed by atoms with E-state index in [2.05, 4.69) is 29.4 Å². The van der Waals surface area contributed by atoms with Gasteiger partial charge in [-0.05, 0) is 61.6 Å². The summed E-state index contributed by atoms with van der Waals surface area (Å²) in [6.07, 6.45) is 3.44. The Morgan fingerprint density at radius 2 is 1.91 bits per heavy atom. The van der Waals surface area contributed by atoms with Crippen molar-refractivity contribution in [2.75, 3.05) is 12.4 Å². The highest BCUT2D eigenvalue weighted by Gasteiger charge is 2.28. The van der Waals surface area contributed by atoms with Crippen LogP contribution >= 0.6 is 23.4 Å². The Bertz CT molecular complexity index is 1120. The molecule has 0 saturated heterocycles. The molecule has 0 bridgehead atoms. The summed E-state index contributed by atoms with van der Waals surface area (Å²) in [5.74, 6) is 2.84. The van der Waals surface area contributed by atoms with Crippen LogP contribution < -0.4 is 10.1 Å². The number of nitrogens with one attached hydrogen (secondary N) is 1. The number of nitrogens with zero attached hydrogens (tertiary/aromatic N) is 3. The Balaban J connectivity index is 1.57. The standard InChI is InChI=1S/C26H31ClN4O2S/c1-4-33-20-14-12-19(13-15-20)31-25(21-9-5-6-10-22(21)27)29-30-26(31)34-16-24(32)28-23-11-7-8-17(2)18(23)3/h5-6,9-10,12-15,17-18,23H,4,7-8,11,16H2,1-3H3,(H,28,32)/t17-,18+,23+/m0/s1. The molecule has 1 aliphatic carbocycles. The molecule has 1 aromatic heterocycles. The molecule has 180 valence electrons. The molecule has 0 unspecified atom stereocenters. The molecule has 1 fully saturated rings. The normalized spacial score (nSPS) is 20.2. The smallest absolute Gasteiger partial charge is 0.230 e. The molecule has 1 heterocycles. The van der Waals surface area contributed by atoms with Crippen LogP contribution in [0.15, 0.2) is 53.7 Å². The SMILES string of the molecule is CCOc1ccc(-n2c(SCC(=O)N[C@@H]3CCC[C@H](C)[C@H]3C)nnc2-c2ccccc2Cl)cc1. The number of halogens is 1. The van der Waals surface area contributed by atoms with Crippen LogP contribution in [0.4, 0.5) is 0 Å². The Morgan fingerprint density at radius 1 is 1.15 bits per heavy atom. The molecule has 1 N–H and O–H groups in total. The molecule has 3 aromatic rings. The van der Waals surface area contributed by atoms with Crippen molar-refractivity contribution in [1.29, 1.82) is 0 Å². The minimum atomic E-state index is 0.0245. The molecule has 3 atom stereocenters. The van der Waals surface area contributed by atoms with Crippen molar-refractivity contribution in [3.63, 3.8) is 0 Å². The van der Waals surface area contributed by atoms with E-state index < -0.39 is 0 Å². The molecule has 1 aliphatic rings. The van der Waals surface area contributed by atoms with Crippen molar-refractivity contribution in [3.8, 4) is 22.8 Å². The van der Waals surface area contributed by atoms with Crippen LogP contribution in [0.2, 0.25) is 5.02 Å². The first-order valence-corrected chi connectivity index (χ1v) is 13.2. The van der Waals surface area contributed by atoms with E-state index in [4.69, 9.17) is 16.3 Å². The summed E-state index contributed by atoms with van der Waals surface area (Å²) in [5, 5.41) is 13.3. The summed E-state index contributed by atoms with van der Waals surface area (Å²) in [5.41, 5.74) is 1.66. The monoisotopic (exact) mass is 498 g/mol. The minimum absolute atomic E-state index is 0.0245. The number of aromatic nitrogens is 3. The van der Waals surface area contributed by atoms with Gasteiger partial charge in [-0.2, -0.15) is 0 Å². The highest BCUT2D eigenvalue weighted by Crippen LogP contribution is 2.33. The van der Waals surface area contributed by atoms with Gasteiger partial charge in [-0.25, -0.2) is 0 Å². The van der Waals surface area contributed by atoms with Crippen LogP contribution in [-0.4, -0.2) is 39.1 Å². The van der Waals surface area contributed by atoms with Gasteiger partial charge in [0.15, 0.2) is 11.0 Å². The molecule has 0 spiro atoms. The number of ether oxygens (including phenoxy) is 1. The topological polar surface area (TPSA) is 69.0 Å². The number of amides is 1. The predicted octanol–water partition coefficient (Wildman–Crippen LogP) is 6.02. The first-order chi connectivity index (χ1) is 16.5. The van der Waals surface area contributed by atoms with Crippen molar-refractivity contribution in [3.05, 3.63) is 53.6 Å². The number of carbonyl (C=O) groups excluding carboxylic acids is 1. The van der Waals surface area contributed by atoms with Crippen LogP contribution in [0.1, 0.15) is 40.0 Å². The van der Waals surface area contributed by atoms with Gasteiger partial charge < -0.3 is 10.1 Å². The van der Waals surface area contributed by atoms with Crippen molar-refractivity contribution in [1.82, 2.24) is 20.1 Å². The second-order valence-electron chi connectivity index (χ2n) is 8.78. The molecule has 1 saturated carbocycles. The molecule has 0 aliphatic heterocycles. The molecule has 6 nitrogen and oxygen atoms in total. The zero-order valence-corrected chi connectivity index (χ0v) is 21.4. The Morgan fingerprint density at radius 3 is 2.65 bits per heavy atom. The van der Waals surface area contributed by atoms with Crippen LogP contribution in [0.3, 0.4) is 0 Å². The summed E-state index contributed by atoms with van der Waals surface area (Å²) < 4.78 is 7.53.